The maximum Gasteiger partial charge on any atom is 0.142 e. The maximum absolute atomic E-state index is 9.06. The van der Waals surface area contributed by atoms with Crippen LogP contribution in [0.4, 0.5) is 4.70 Å². The van der Waals surface area contributed by atoms with E-state index in [1.54, 1.807) is 0 Å². The Labute approximate surface area is 29.7 Å². The second-order valence-electron chi connectivity index (χ2n) is 0.372. The predicted octanol–water partition coefficient (Wildman–Crippen LogP) is 0.524. The van der Waals surface area contributed by atoms with Crippen molar-refractivity contribution in [2.24, 2.45) is 0 Å². The molecule has 2 heteroatoms. The summed E-state index contributed by atoms with van der Waals surface area (Å²) in [5, 5.41) is 0. The van der Waals surface area contributed by atoms with Crippen LogP contribution >= 0.6 is 0 Å². The molecule has 0 saturated heterocycles. The molecule has 30 valence electrons. The fourth-order valence-electron chi connectivity index (χ4n) is 0. The van der Waals surface area contributed by atoms with Crippen molar-refractivity contribution < 1.29 is 9.50 Å². The van der Waals surface area contributed by atoms with E-state index in [0.29, 0.717) is 6.29 Å². The van der Waals surface area contributed by atoms with Gasteiger partial charge in [-0.15, -0.1) is 0 Å². The largest absolute Gasteiger partial charge is 0.299 e. The van der Waals surface area contributed by atoms with Gasteiger partial charge < -0.3 is 0 Å². The minimum atomic E-state index is 0. The highest BCUT2D eigenvalue weighted by molar-refractivity contribution is 5.63. The van der Waals surface area contributed by atoms with Crippen molar-refractivity contribution in [1.82, 2.24) is 0 Å². The molecule has 0 rings (SSSR count). The van der Waals surface area contributed by atoms with E-state index >= 15 is 0 Å². The molecule has 0 saturated carbocycles. The summed E-state index contributed by atoms with van der Waals surface area (Å²) in [7, 11) is 0. The van der Waals surface area contributed by atoms with Crippen molar-refractivity contribution in [2.75, 3.05) is 0 Å². The van der Waals surface area contributed by atoms with Gasteiger partial charge in [-0.1, -0.05) is 6.58 Å². The van der Waals surface area contributed by atoms with Crippen molar-refractivity contribution in [1.29, 1.82) is 0 Å². The van der Waals surface area contributed by atoms with E-state index in [-0.39, 0.29) is 4.70 Å². The third-order valence-corrected chi connectivity index (χ3v) is 0.0962. The first-order chi connectivity index (χ1) is 1.91. The number of aldehydes is 1. The number of hydrogen-bond donors (Lipinski definition) is 0. The van der Waals surface area contributed by atoms with Crippen molar-refractivity contribution in [2.45, 2.75) is 0 Å². The first kappa shape index (κ1) is 8.84. The summed E-state index contributed by atoms with van der Waals surface area (Å²) in [6.45, 7) is 3.11. The van der Waals surface area contributed by atoms with Gasteiger partial charge in [-0.2, -0.15) is 0 Å². The Morgan fingerprint density at radius 2 is 1.80 bits per heavy atom. The van der Waals surface area contributed by atoms with Crippen LogP contribution in [0.1, 0.15) is 0 Å². The van der Waals surface area contributed by atoms with Gasteiger partial charge >= 0.3 is 0 Å². The van der Waals surface area contributed by atoms with Gasteiger partial charge in [0, 0.05) is 0 Å². The summed E-state index contributed by atoms with van der Waals surface area (Å²) in [5.74, 6) is 0. The summed E-state index contributed by atoms with van der Waals surface area (Å²) in [4.78, 5) is 9.06. The Hall–Kier alpha value is -0.660. The molecule has 0 fully saturated rings. The Bertz CT molecular complexity index is 27.9. The monoisotopic (exact) mass is 76.0 g/mol. The van der Waals surface area contributed by atoms with Gasteiger partial charge in [0.2, 0.25) is 0 Å². The molecule has 0 unspecified atom stereocenters. The molecular formula is C3H5FO. The number of carbonyl (C=O) groups is 1. The van der Waals surface area contributed by atoms with Crippen molar-refractivity contribution in [3.63, 3.8) is 0 Å². The van der Waals surface area contributed by atoms with Gasteiger partial charge in [0.25, 0.3) is 0 Å². The highest BCUT2D eigenvalue weighted by Gasteiger charge is 1.38. The van der Waals surface area contributed by atoms with Gasteiger partial charge in [-0.25, -0.2) is 0 Å². The minimum absolute atomic E-state index is 0. The van der Waals surface area contributed by atoms with Gasteiger partial charge in [-0.05, 0) is 6.08 Å². The molecule has 0 aliphatic carbocycles. The van der Waals surface area contributed by atoms with Gasteiger partial charge in [0.15, 0.2) is 0 Å². The molecule has 0 radical (unpaired) electrons. The van der Waals surface area contributed by atoms with Gasteiger partial charge in [-0.3, -0.25) is 9.50 Å². The van der Waals surface area contributed by atoms with Crippen LogP contribution in [0.15, 0.2) is 12.7 Å². The van der Waals surface area contributed by atoms with Gasteiger partial charge in [0.05, 0.1) is 0 Å². The van der Waals surface area contributed by atoms with Crippen LogP contribution in [-0.4, -0.2) is 6.29 Å². The Morgan fingerprint density at radius 3 is 1.80 bits per heavy atom. The second kappa shape index (κ2) is 10.2. The molecule has 0 spiro atoms. The topological polar surface area (TPSA) is 17.1 Å². The molecule has 5 heavy (non-hydrogen) atoms. The lowest BCUT2D eigenvalue weighted by atomic mass is 10.8. The van der Waals surface area contributed by atoms with Crippen LogP contribution in [0.2, 0.25) is 0 Å². The highest BCUT2D eigenvalue weighted by atomic mass is 19.0. The van der Waals surface area contributed by atoms with E-state index in [2.05, 4.69) is 6.58 Å². The lowest BCUT2D eigenvalue weighted by Gasteiger charge is -1.37. The zero-order valence-electron chi connectivity index (χ0n) is 2.68. The molecule has 1 nitrogen and oxygen atoms in total. The molecular weight excluding hydrogens is 71.0 g/mol. The van der Waals surface area contributed by atoms with Crippen molar-refractivity contribution in [3.8, 4) is 0 Å². The third kappa shape index (κ3) is 51.9. The molecule has 0 heterocycles. The lowest BCUT2D eigenvalue weighted by molar-refractivity contribution is -0.104. The Morgan fingerprint density at radius 1 is 1.60 bits per heavy atom. The summed E-state index contributed by atoms with van der Waals surface area (Å²) in [5.41, 5.74) is 0. The van der Waals surface area contributed by atoms with E-state index in [4.69, 9.17) is 4.79 Å². The summed E-state index contributed by atoms with van der Waals surface area (Å²) in [6, 6.07) is 0. The molecule has 0 N–H and O–H groups in total. The molecule has 0 aliphatic rings. The lowest BCUT2D eigenvalue weighted by Crippen LogP contribution is -1.44. The molecule has 0 atom stereocenters. The molecule has 0 aromatic heterocycles. The summed E-state index contributed by atoms with van der Waals surface area (Å²) >= 11 is 0. The van der Waals surface area contributed by atoms with Crippen molar-refractivity contribution >= 4 is 6.29 Å². The number of hydrogen-bond acceptors (Lipinski definition) is 1. The van der Waals surface area contributed by atoms with Gasteiger partial charge in [0.1, 0.15) is 6.29 Å². The summed E-state index contributed by atoms with van der Waals surface area (Å²) < 4.78 is 0. The van der Waals surface area contributed by atoms with E-state index in [0.717, 1.165) is 0 Å². The Kier molecular flexibility index (Phi) is 18.0. The fourth-order valence-corrected chi connectivity index (χ4v) is 0. The zero-order valence-corrected chi connectivity index (χ0v) is 2.68. The van der Waals surface area contributed by atoms with Crippen LogP contribution < -0.4 is 0 Å². The fraction of sp³-hybridized carbons (Fsp3) is 0. The molecule has 0 amide bonds. The van der Waals surface area contributed by atoms with E-state index < -0.39 is 0 Å². The van der Waals surface area contributed by atoms with Crippen LogP contribution in [0.5, 0.6) is 0 Å². The van der Waals surface area contributed by atoms with Crippen LogP contribution in [0.3, 0.4) is 0 Å². The van der Waals surface area contributed by atoms with Crippen LogP contribution in [0.25, 0.3) is 0 Å². The third-order valence-electron chi connectivity index (χ3n) is 0.0962. The van der Waals surface area contributed by atoms with E-state index in [1.807, 2.05) is 0 Å². The first-order valence-corrected chi connectivity index (χ1v) is 0.977. The number of halogens is 1. The summed E-state index contributed by atoms with van der Waals surface area (Å²) in [6.07, 6.45) is 1.83. The molecule has 0 bridgehead atoms. The molecule has 0 aliphatic heterocycles. The van der Waals surface area contributed by atoms with E-state index in [9.17, 15) is 0 Å². The molecule has 0 aromatic rings. The SMILES string of the molecule is C=CC=O.F. The number of rotatable bonds is 1. The standard InChI is InChI=1S/C3H4O.FH/c1-2-3-4;/h2-3H,1H2;1H. The highest BCUT2D eigenvalue weighted by Crippen LogP contribution is 1.35. The Balaban J connectivity index is 0. The second-order valence-corrected chi connectivity index (χ2v) is 0.372. The molecule has 0 aromatic carbocycles. The quantitative estimate of drug-likeness (QED) is 0.329. The number of allylic oxidation sites excluding steroid dienone is 1. The predicted molar refractivity (Wildman–Crippen MR) is 18.8 cm³/mol. The van der Waals surface area contributed by atoms with Crippen LogP contribution in [-0.2, 0) is 4.79 Å². The minimum Gasteiger partial charge on any atom is -0.299 e. The maximum atomic E-state index is 9.06. The normalized spacial score (nSPS) is 4.00. The first-order valence-electron chi connectivity index (χ1n) is 0.977. The van der Waals surface area contributed by atoms with Crippen molar-refractivity contribution in [3.05, 3.63) is 12.7 Å². The van der Waals surface area contributed by atoms with E-state index in [1.165, 1.54) is 6.08 Å². The average molecular weight is 76.1 g/mol. The zero-order chi connectivity index (χ0) is 3.41. The van der Waals surface area contributed by atoms with Crippen LogP contribution in [0, 0.1) is 0 Å². The smallest absolute Gasteiger partial charge is 0.142 e. The average Bonchev–Trinajstić information content (AvgIpc) is 1.37. The number of carbonyl (C=O) groups excluding carboxylic acids is 1.